The Balaban J connectivity index is 1.40. The molecule has 1 aliphatic heterocycles. The zero-order valence-electron chi connectivity index (χ0n) is 13.4. The molecule has 0 bridgehead atoms. The standard InChI is InChI=1S/C17H21N3O3S/c21-17(23-13-14-4-2-1-3-5-14)20-7-8-22-15(12-20)10-18-11-16-19-6-9-24-16/h1-6,9,15,18H,7-8,10-13H2. The number of carbonyl (C=O) groups excluding carboxylic acids is 1. The molecule has 24 heavy (non-hydrogen) atoms. The second-order valence-corrected chi connectivity index (χ2v) is 6.51. The summed E-state index contributed by atoms with van der Waals surface area (Å²) in [4.78, 5) is 18.1. The predicted octanol–water partition coefficient (Wildman–Crippen LogP) is 2.27. The van der Waals surface area contributed by atoms with E-state index in [-0.39, 0.29) is 12.2 Å². The van der Waals surface area contributed by atoms with Crippen LogP contribution in [0.2, 0.25) is 0 Å². The highest BCUT2D eigenvalue weighted by Gasteiger charge is 2.25. The maximum Gasteiger partial charge on any atom is 0.410 e. The third-order valence-electron chi connectivity index (χ3n) is 3.73. The molecule has 128 valence electrons. The van der Waals surface area contributed by atoms with Gasteiger partial charge in [0.05, 0.1) is 19.3 Å². The lowest BCUT2D eigenvalue weighted by molar-refractivity contribution is -0.0271. The van der Waals surface area contributed by atoms with Gasteiger partial charge in [0.1, 0.15) is 11.6 Å². The third-order valence-corrected chi connectivity index (χ3v) is 4.51. The molecule has 1 amide bonds. The van der Waals surface area contributed by atoms with Gasteiger partial charge in [0.2, 0.25) is 0 Å². The summed E-state index contributed by atoms with van der Waals surface area (Å²) < 4.78 is 11.1. The van der Waals surface area contributed by atoms with Crippen LogP contribution in [0.4, 0.5) is 4.79 Å². The highest BCUT2D eigenvalue weighted by molar-refractivity contribution is 7.09. The van der Waals surface area contributed by atoms with E-state index >= 15 is 0 Å². The normalized spacial score (nSPS) is 17.7. The molecule has 2 aromatic rings. The van der Waals surface area contributed by atoms with Gasteiger partial charge < -0.3 is 19.7 Å². The van der Waals surface area contributed by atoms with Crippen molar-refractivity contribution in [2.45, 2.75) is 19.3 Å². The van der Waals surface area contributed by atoms with Crippen LogP contribution in [-0.4, -0.2) is 48.3 Å². The zero-order valence-corrected chi connectivity index (χ0v) is 14.2. The maximum absolute atomic E-state index is 12.2. The van der Waals surface area contributed by atoms with Crippen molar-refractivity contribution in [1.29, 1.82) is 0 Å². The number of nitrogens with zero attached hydrogens (tertiary/aromatic N) is 2. The van der Waals surface area contributed by atoms with Gasteiger partial charge in [-0.15, -0.1) is 11.3 Å². The largest absolute Gasteiger partial charge is 0.445 e. The van der Waals surface area contributed by atoms with Crippen molar-refractivity contribution in [2.75, 3.05) is 26.2 Å². The summed E-state index contributed by atoms with van der Waals surface area (Å²) in [6, 6.07) is 9.69. The van der Waals surface area contributed by atoms with Gasteiger partial charge >= 0.3 is 6.09 Å². The van der Waals surface area contributed by atoms with E-state index < -0.39 is 0 Å². The van der Waals surface area contributed by atoms with Crippen molar-refractivity contribution in [1.82, 2.24) is 15.2 Å². The van der Waals surface area contributed by atoms with Gasteiger partial charge in [-0.1, -0.05) is 30.3 Å². The minimum Gasteiger partial charge on any atom is -0.445 e. The van der Waals surface area contributed by atoms with Gasteiger partial charge in [0.15, 0.2) is 0 Å². The molecule has 1 unspecified atom stereocenters. The molecule has 1 aromatic carbocycles. The fourth-order valence-electron chi connectivity index (χ4n) is 2.50. The summed E-state index contributed by atoms with van der Waals surface area (Å²) in [5, 5.41) is 6.32. The van der Waals surface area contributed by atoms with Gasteiger partial charge in [-0.05, 0) is 5.56 Å². The number of hydrogen-bond donors (Lipinski definition) is 1. The lowest BCUT2D eigenvalue weighted by Gasteiger charge is -2.32. The third kappa shape index (κ3) is 5.02. The van der Waals surface area contributed by atoms with Gasteiger partial charge in [-0.3, -0.25) is 0 Å². The number of rotatable bonds is 6. The second-order valence-electron chi connectivity index (χ2n) is 5.54. The first-order chi connectivity index (χ1) is 11.8. The van der Waals surface area contributed by atoms with Gasteiger partial charge in [-0.2, -0.15) is 0 Å². The number of aromatic nitrogens is 1. The van der Waals surface area contributed by atoms with Gasteiger partial charge in [0.25, 0.3) is 0 Å². The molecule has 1 saturated heterocycles. The van der Waals surface area contributed by atoms with Crippen molar-refractivity contribution in [3.63, 3.8) is 0 Å². The summed E-state index contributed by atoms with van der Waals surface area (Å²) in [7, 11) is 0. The fraction of sp³-hybridized carbons (Fsp3) is 0.412. The molecule has 1 fully saturated rings. The van der Waals surface area contributed by atoms with Crippen LogP contribution in [0.1, 0.15) is 10.6 Å². The van der Waals surface area contributed by atoms with Crippen LogP contribution in [-0.2, 0) is 22.6 Å². The summed E-state index contributed by atoms with van der Waals surface area (Å²) >= 11 is 1.62. The lowest BCUT2D eigenvalue weighted by Crippen LogP contribution is -2.49. The minimum atomic E-state index is -0.285. The molecule has 2 heterocycles. The monoisotopic (exact) mass is 347 g/mol. The number of thiazole rings is 1. The number of nitrogens with one attached hydrogen (secondary N) is 1. The van der Waals surface area contributed by atoms with Crippen molar-refractivity contribution in [3.05, 3.63) is 52.5 Å². The number of amides is 1. The summed E-state index contributed by atoms with van der Waals surface area (Å²) in [6.07, 6.45) is 1.48. The first kappa shape index (κ1) is 16.9. The molecule has 0 saturated carbocycles. The maximum atomic E-state index is 12.2. The highest BCUT2D eigenvalue weighted by atomic mass is 32.1. The van der Waals surface area contributed by atoms with E-state index in [4.69, 9.17) is 9.47 Å². The number of benzene rings is 1. The molecule has 0 aliphatic carbocycles. The fourth-order valence-corrected chi connectivity index (χ4v) is 3.09. The molecular weight excluding hydrogens is 326 g/mol. The zero-order chi connectivity index (χ0) is 16.6. The van der Waals surface area contributed by atoms with E-state index in [0.717, 1.165) is 17.1 Å². The molecule has 3 rings (SSSR count). The van der Waals surface area contributed by atoms with Crippen molar-refractivity contribution in [3.8, 4) is 0 Å². The van der Waals surface area contributed by atoms with Gasteiger partial charge in [0, 0.05) is 31.2 Å². The van der Waals surface area contributed by atoms with E-state index in [0.29, 0.717) is 32.8 Å². The van der Waals surface area contributed by atoms with Crippen LogP contribution in [0.5, 0.6) is 0 Å². The Hall–Kier alpha value is -1.96. The Kier molecular flexibility index (Phi) is 6.17. The average molecular weight is 347 g/mol. The molecule has 6 nitrogen and oxygen atoms in total. The average Bonchev–Trinajstić information content (AvgIpc) is 3.14. The number of hydrogen-bond acceptors (Lipinski definition) is 6. The quantitative estimate of drug-likeness (QED) is 0.868. The first-order valence-electron chi connectivity index (χ1n) is 7.97. The van der Waals surface area contributed by atoms with E-state index in [9.17, 15) is 4.79 Å². The smallest absolute Gasteiger partial charge is 0.410 e. The minimum absolute atomic E-state index is 0.0250. The SMILES string of the molecule is O=C(OCc1ccccc1)N1CCOC(CNCc2nccs2)C1. The van der Waals surface area contributed by atoms with Crippen LogP contribution in [0.3, 0.4) is 0 Å². The van der Waals surface area contributed by atoms with Crippen LogP contribution < -0.4 is 5.32 Å². The Bertz CT molecular complexity index is 621. The van der Waals surface area contributed by atoms with Crippen molar-refractivity contribution >= 4 is 17.4 Å². The van der Waals surface area contributed by atoms with Crippen LogP contribution in [0, 0.1) is 0 Å². The molecule has 1 atom stereocenters. The van der Waals surface area contributed by atoms with Crippen molar-refractivity contribution < 1.29 is 14.3 Å². The lowest BCUT2D eigenvalue weighted by atomic mass is 10.2. The summed E-state index contributed by atoms with van der Waals surface area (Å²) in [5.74, 6) is 0. The second kappa shape index (κ2) is 8.77. The molecule has 7 heteroatoms. The van der Waals surface area contributed by atoms with Crippen LogP contribution in [0.15, 0.2) is 41.9 Å². The molecule has 0 spiro atoms. The Morgan fingerprint density at radius 3 is 3.08 bits per heavy atom. The van der Waals surface area contributed by atoms with E-state index in [1.807, 2.05) is 35.7 Å². The van der Waals surface area contributed by atoms with Gasteiger partial charge in [-0.25, -0.2) is 9.78 Å². The first-order valence-corrected chi connectivity index (χ1v) is 8.85. The molecule has 1 aliphatic rings. The predicted molar refractivity (Wildman–Crippen MR) is 91.8 cm³/mol. The molecule has 0 radical (unpaired) electrons. The number of morpholine rings is 1. The molecule has 1 N–H and O–H groups in total. The number of carbonyl (C=O) groups is 1. The molecule has 1 aromatic heterocycles. The van der Waals surface area contributed by atoms with E-state index in [2.05, 4.69) is 10.3 Å². The summed E-state index contributed by atoms with van der Waals surface area (Å²) in [6.45, 7) is 3.33. The Morgan fingerprint density at radius 1 is 1.42 bits per heavy atom. The van der Waals surface area contributed by atoms with E-state index in [1.165, 1.54) is 0 Å². The van der Waals surface area contributed by atoms with Crippen LogP contribution in [0.25, 0.3) is 0 Å². The number of ether oxygens (including phenoxy) is 2. The van der Waals surface area contributed by atoms with Crippen LogP contribution >= 0.6 is 11.3 Å². The summed E-state index contributed by atoms with van der Waals surface area (Å²) in [5.41, 5.74) is 0.987. The van der Waals surface area contributed by atoms with Crippen molar-refractivity contribution in [2.24, 2.45) is 0 Å². The Labute approximate surface area is 145 Å². The van der Waals surface area contributed by atoms with E-state index in [1.54, 1.807) is 22.4 Å². The molecular formula is C17H21N3O3S. The highest BCUT2D eigenvalue weighted by Crippen LogP contribution is 2.09. The Morgan fingerprint density at radius 2 is 2.29 bits per heavy atom. The topological polar surface area (TPSA) is 63.7 Å².